The topological polar surface area (TPSA) is 107 Å². The van der Waals surface area contributed by atoms with Crippen LogP contribution >= 0.6 is 0 Å². The van der Waals surface area contributed by atoms with Crippen molar-refractivity contribution in [3.63, 3.8) is 0 Å². The summed E-state index contributed by atoms with van der Waals surface area (Å²) < 4.78 is 0. The van der Waals surface area contributed by atoms with Crippen molar-refractivity contribution in [2.75, 3.05) is 26.2 Å². The SMILES string of the molecule is NC(=O)C1CC(CC(=O)N2CC[C@@H](O)C2)CN(O)C1. The zero-order valence-corrected chi connectivity index (χ0v) is 10.9. The fraction of sp³-hybridized carbons (Fsp3) is 0.833. The normalized spacial score (nSPS) is 32.5. The molecule has 0 radical (unpaired) electrons. The molecule has 4 N–H and O–H groups in total. The van der Waals surface area contributed by atoms with Crippen LogP contribution in [0.25, 0.3) is 0 Å². The Kier molecular flexibility index (Phi) is 4.38. The van der Waals surface area contributed by atoms with Crippen LogP contribution in [0.1, 0.15) is 19.3 Å². The van der Waals surface area contributed by atoms with Crippen LogP contribution in [0.4, 0.5) is 0 Å². The largest absolute Gasteiger partial charge is 0.391 e. The molecule has 2 unspecified atom stereocenters. The van der Waals surface area contributed by atoms with Crippen molar-refractivity contribution >= 4 is 11.8 Å². The number of hydrogen-bond acceptors (Lipinski definition) is 5. The number of aliphatic hydroxyl groups is 1. The summed E-state index contributed by atoms with van der Waals surface area (Å²) in [6.07, 6.45) is 1.01. The molecular formula is C12H21N3O4. The van der Waals surface area contributed by atoms with E-state index in [-0.39, 0.29) is 24.8 Å². The predicted octanol–water partition coefficient (Wildman–Crippen LogP) is -1.22. The molecule has 2 heterocycles. The Hall–Kier alpha value is -1.18. The molecule has 0 aromatic carbocycles. The highest BCUT2D eigenvalue weighted by molar-refractivity contribution is 5.78. The summed E-state index contributed by atoms with van der Waals surface area (Å²) >= 11 is 0. The number of likely N-dealkylation sites (tertiary alicyclic amines) is 1. The lowest BCUT2D eigenvalue weighted by Gasteiger charge is -2.33. The van der Waals surface area contributed by atoms with Gasteiger partial charge >= 0.3 is 0 Å². The Balaban J connectivity index is 1.87. The summed E-state index contributed by atoms with van der Waals surface area (Å²) in [5, 5.41) is 20.1. The lowest BCUT2D eigenvalue weighted by molar-refractivity contribution is -0.152. The molecular weight excluding hydrogens is 250 g/mol. The van der Waals surface area contributed by atoms with Gasteiger partial charge in [0, 0.05) is 32.6 Å². The van der Waals surface area contributed by atoms with Gasteiger partial charge in [0.2, 0.25) is 11.8 Å². The summed E-state index contributed by atoms with van der Waals surface area (Å²) in [5.74, 6) is -0.935. The smallest absolute Gasteiger partial charge is 0.222 e. The highest BCUT2D eigenvalue weighted by atomic mass is 16.5. The molecule has 0 bridgehead atoms. The average molecular weight is 271 g/mol. The first kappa shape index (κ1) is 14.2. The van der Waals surface area contributed by atoms with Gasteiger partial charge in [-0.15, -0.1) is 0 Å². The summed E-state index contributed by atoms with van der Waals surface area (Å²) in [6, 6.07) is 0. The van der Waals surface area contributed by atoms with Gasteiger partial charge in [0.15, 0.2) is 0 Å². The van der Waals surface area contributed by atoms with Gasteiger partial charge in [-0.2, -0.15) is 5.06 Å². The lowest BCUT2D eigenvalue weighted by atomic mass is 9.87. The standard InChI is InChI=1S/C12H21N3O4/c13-12(18)9-3-8(5-15(19)6-9)4-11(17)14-2-1-10(16)7-14/h8-10,16,19H,1-7H2,(H2,13,18)/t8?,9?,10-/m1/s1. The number of hydroxylamine groups is 2. The van der Waals surface area contributed by atoms with Crippen molar-refractivity contribution < 1.29 is 19.9 Å². The van der Waals surface area contributed by atoms with E-state index in [1.807, 2.05) is 0 Å². The number of rotatable bonds is 3. The molecule has 7 heteroatoms. The maximum atomic E-state index is 12.0. The van der Waals surface area contributed by atoms with Crippen molar-refractivity contribution in [1.29, 1.82) is 0 Å². The Morgan fingerprint density at radius 3 is 2.58 bits per heavy atom. The van der Waals surface area contributed by atoms with Gasteiger partial charge in [0.05, 0.1) is 12.0 Å². The van der Waals surface area contributed by atoms with Gasteiger partial charge < -0.3 is 20.9 Å². The quantitative estimate of drug-likeness (QED) is 0.596. The van der Waals surface area contributed by atoms with Crippen LogP contribution in [0.3, 0.4) is 0 Å². The molecule has 0 spiro atoms. The molecule has 0 saturated carbocycles. The fourth-order valence-electron chi connectivity index (χ4n) is 2.88. The zero-order chi connectivity index (χ0) is 14.0. The number of nitrogens with two attached hydrogens (primary N) is 1. The predicted molar refractivity (Wildman–Crippen MR) is 66.0 cm³/mol. The van der Waals surface area contributed by atoms with Gasteiger partial charge in [0.25, 0.3) is 0 Å². The zero-order valence-electron chi connectivity index (χ0n) is 10.9. The van der Waals surface area contributed by atoms with E-state index in [0.29, 0.717) is 32.5 Å². The number of hydrogen-bond donors (Lipinski definition) is 3. The minimum Gasteiger partial charge on any atom is -0.391 e. The number of primary amides is 1. The fourth-order valence-corrected chi connectivity index (χ4v) is 2.88. The lowest BCUT2D eigenvalue weighted by Crippen LogP contribution is -2.45. The third kappa shape index (κ3) is 3.65. The highest BCUT2D eigenvalue weighted by Crippen LogP contribution is 2.24. The highest BCUT2D eigenvalue weighted by Gasteiger charge is 2.33. The monoisotopic (exact) mass is 271 g/mol. The van der Waals surface area contributed by atoms with Crippen LogP contribution in [-0.2, 0) is 9.59 Å². The van der Waals surface area contributed by atoms with Crippen molar-refractivity contribution in [2.24, 2.45) is 17.6 Å². The molecule has 3 atom stereocenters. The maximum Gasteiger partial charge on any atom is 0.222 e. The minimum atomic E-state index is -0.437. The van der Waals surface area contributed by atoms with Crippen LogP contribution in [0.2, 0.25) is 0 Å². The Morgan fingerprint density at radius 2 is 2.00 bits per heavy atom. The first-order valence-electron chi connectivity index (χ1n) is 6.64. The second kappa shape index (κ2) is 5.85. The summed E-state index contributed by atoms with van der Waals surface area (Å²) in [4.78, 5) is 24.9. The van der Waals surface area contributed by atoms with Gasteiger partial charge in [-0.1, -0.05) is 0 Å². The second-order valence-electron chi connectivity index (χ2n) is 5.56. The number of aliphatic hydroxyl groups excluding tert-OH is 1. The first-order valence-corrected chi connectivity index (χ1v) is 6.64. The molecule has 7 nitrogen and oxygen atoms in total. The number of piperidine rings is 1. The third-order valence-electron chi connectivity index (χ3n) is 3.90. The number of amides is 2. The summed E-state index contributed by atoms with van der Waals surface area (Å²) in [5.41, 5.74) is 5.26. The van der Waals surface area contributed by atoms with Crippen LogP contribution in [0, 0.1) is 11.8 Å². The molecule has 19 heavy (non-hydrogen) atoms. The molecule has 0 aliphatic carbocycles. The minimum absolute atomic E-state index is 0.0277. The van der Waals surface area contributed by atoms with Crippen LogP contribution in [-0.4, -0.2) is 64.4 Å². The van der Waals surface area contributed by atoms with Crippen molar-refractivity contribution in [1.82, 2.24) is 9.96 Å². The van der Waals surface area contributed by atoms with Gasteiger partial charge in [-0.3, -0.25) is 9.59 Å². The van der Waals surface area contributed by atoms with Crippen molar-refractivity contribution in [2.45, 2.75) is 25.4 Å². The second-order valence-corrected chi connectivity index (χ2v) is 5.56. The Labute approximate surface area is 111 Å². The molecule has 108 valence electrons. The number of nitrogens with zero attached hydrogens (tertiary/aromatic N) is 2. The van der Waals surface area contributed by atoms with E-state index in [4.69, 9.17) is 5.73 Å². The van der Waals surface area contributed by atoms with E-state index in [9.17, 15) is 19.9 Å². The molecule has 2 rings (SSSR count). The summed E-state index contributed by atoms with van der Waals surface area (Å²) in [6.45, 7) is 1.58. The number of carbonyl (C=O) groups excluding carboxylic acids is 2. The van der Waals surface area contributed by atoms with E-state index in [1.165, 1.54) is 0 Å². The Morgan fingerprint density at radius 1 is 1.26 bits per heavy atom. The van der Waals surface area contributed by atoms with Crippen LogP contribution in [0.5, 0.6) is 0 Å². The third-order valence-corrected chi connectivity index (χ3v) is 3.90. The van der Waals surface area contributed by atoms with Gasteiger partial charge in [-0.25, -0.2) is 0 Å². The Bertz CT molecular complexity index is 363. The van der Waals surface area contributed by atoms with Gasteiger partial charge in [0.1, 0.15) is 0 Å². The van der Waals surface area contributed by atoms with E-state index in [2.05, 4.69) is 0 Å². The average Bonchev–Trinajstić information content (AvgIpc) is 2.75. The number of β-amino-alcohol motifs (C(OH)–C–C–N with tert-alkyl or cyclic N) is 1. The molecule has 2 saturated heterocycles. The van der Waals surface area contributed by atoms with E-state index in [1.54, 1.807) is 4.90 Å². The molecule has 0 aromatic rings. The van der Waals surface area contributed by atoms with Crippen LogP contribution in [0.15, 0.2) is 0 Å². The maximum absolute atomic E-state index is 12.0. The molecule has 0 aromatic heterocycles. The van der Waals surface area contributed by atoms with E-state index >= 15 is 0 Å². The molecule has 2 fully saturated rings. The van der Waals surface area contributed by atoms with Crippen LogP contribution < -0.4 is 5.73 Å². The molecule has 2 amide bonds. The van der Waals surface area contributed by atoms with E-state index in [0.717, 1.165) is 5.06 Å². The first-order chi connectivity index (χ1) is 8.95. The summed E-state index contributed by atoms with van der Waals surface area (Å²) in [7, 11) is 0. The van der Waals surface area contributed by atoms with Crippen molar-refractivity contribution in [3.8, 4) is 0 Å². The van der Waals surface area contributed by atoms with Crippen molar-refractivity contribution in [3.05, 3.63) is 0 Å². The molecule has 2 aliphatic rings. The van der Waals surface area contributed by atoms with E-state index < -0.39 is 17.9 Å². The van der Waals surface area contributed by atoms with Gasteiger partial charge in [-0.05, 0) is 18.8 Å². The molecule has 2 aliphatic heterocycles. The number of carbonyl (C=O) groups is 2.